The van der Waals surface area contributed by atoms with Crippen molar-refractivity contribution < 1.29 is 17.9 Å². The molecule has 0 aromatic carbocycles. The average molecular weight is 441 g/mol. The van der Waals surface area contributed by atoms with Crippen LogP contribution in [0.4, 0.5) is 24.9 Å². The van der Waals surface area contributed by atoms with Gasteiger partial charge in [-0.2, -0.15) is 18.2 Å². The molecule has 4 heterocycles. The zero-order chi connectivity index (χ0) is 21.5. The fourth-order valence-electron chi connectivity index (χ4n) is 3.98. The second-order valence-electron chi connectivity index (χ2n) is 7.75. The number of pyridine rings is 1. The normalized spacial score (nSPS) is 18.9. The third-order valence-electron chi connectivity index (χ3n) is 5.84. The van der Waals surface area contributed by atoms with Crippen molar-refractivity contribution in [1.82, 2.24) is 14.5 Å². The summed E-state index contributed by atoms with van der Waals surface area (Å²) in [5.41, 5.74) is 4.84. The molecule has 0 radical (unpaired) electrons. The fourth-order valence-corrected chi connectivity index (χ4v) is 4.99. The van der Waals surface area contributed by atoms with Crippen molar-refractivity contribution >= 4 is 23.5 Å². The summed E-state index contributed by atoms with van der Waals surface area (Å²) in [5.74, 6) is 0.355. The number of nitrogens with zero attached hydrogens (tertiary/aromatic N) is 4. The summed E-state index contributed by atoms with van der Waals surface area (Å²) in [6.07, 6.45) is 0.309. The fraction of sp³-hybridized carbons (Fsp3) is 0.526. The van der Waals surface area contributed by atoms with E-state index in [1.54, 1.807) is 7.05 Å². The van der Waals surface area contributed by atoms with Crippen molar-refractivity contribution in [1.29, 1.82) is 0 Å². The van der Waals surface area contributed by atoms with Crippen molar-refractivity contribution in [3.8, 4) is 0 Å². The predicted molar refractivity (Wildman–Crippen MR) is 107 cm³/mol. The number of anilines is 2. The molecular formula is C19H22F3N5O2S. The number of ether oxygens (including phenoxy) is 1. The van der Waals surface area contributed by atoms with Crippen molar-refractivity contribution in [3.63, 3.8) is 0 Å². The molecule has 2 saturated heterocycles. The molecule has 0 amide bonds. The van der Waals surface area contributed by atoms with Gasteiger partial charge in [-0.25, -0.2) is 0 Å². The Balaban J connectivity index is 1.61. The first-order valence-electron chi connectivity index (χ1n) is 9.58. The molecule has 162 valence electrons. The van der Waals surface area contributed by atoms with Gasteiger partial charge in [-0.3, -0.25) is 14.3 Å². The zero-order valence-corrected chi connectivity index (χ0v) is 17.2. The van der Waals surface area contributed by atoms with Gasteiger partial charge in [-0.1, -0.05) is 11.8 Å². The van der Waals surface area contributed by atoms with E-state index < -0.39 is 17.3 Å². The van der Waals surface area contributed by atoms with Crippen LogP contribution in [0.5, 0.6) is 0 Å². The maximum atomic E-state index is 13.3. The molecule has 11 heteroatoms. The second-order valence-corrected chi connectivity index (χ2v) is 8.80. The topological polar surface area (TPSA) is 86.3 Å². The molecule has 0 bridgehead atoms. The number of hydrogen-bond acceptors (Lipinski definition) is 7. The highest BCUT2D eigenvalue weighted by Crippen LogP contribution is 2.41. The monoisotopic (exact) mass is 441 g/mol. The standard InChI is InChI=1S/C19H22F3N5O2S/c1-26-16(28)14(30-13-2-6-24-10-12(13)19(20,21)22)15(23)25-17(26)27-7-3-18(4-8-27)5-9-29-11-18/h2,6,10H,3-5,7-9,11,23H2,1H3. The van der Waals surface area contributed by atoms with Gasteiger partial charge in [0.25, 0.3) is 5.56 Å². The van der Waals surface area contributed by atoms with Crippen molar-refractivity contribution in [3.05, 3.63) is 34.4 Å². The first-order chi connectivity index (χ1) is 14.2. The highest BCUT2D eigenvalue weighted by atomic mass is 32.2. The van der Waals surface area contributed by atoms with Crippen molar-refractivity contribution in [2.24, 2.45) is 12.5 Å². The molecular weight excluding hydrogens is 419 g/mol. The van der Waals surface area contributed by atoms with Crippen LogP contribution in [0.25, 0.3) is 0 Å². The maximum Gasteiger partial charge on any atom is 0.418 e. The van der Waals surface area contributed by atoms with E-state index >= 15 is 0 Å². The SMILES string of the molecule is Cn1c(N2CCC3(CCOC3)CC2)nc(N)c(Sc2ccncc2C(F)(F)F)c1=O. The lowest BCUT2D eigenvalue weighted by molar-refractivity contribution is -0.140. The van der Waals surface area contributed by atoms with E-state index in [9.17, 15) is 18.0 Å². The number of aromatic nitrogens is 3. The molecule has 0 unspecified atom stereocenters. The Bertz CT molecular complexity index is 995. The molecule has 7 nitrogen and oxygen atoms in total. The summed E-state index contributed by atoms with van der Waals surface area (Å²) < 4.78 is 46.7. The van der Waals surface area contributed by atoms with Crippen LogP contribution < -0.4 is 16.2 Å². The zero-order valence-electron chi connectivity index (χ0n) is 16.4. The van der Waals surface area contributed by atoms with Gasteiger partial charge in [0.15, 0.2) is 0 Å². The third kappa shape index (κ3) is 3.87. The van der Waals surface area contributed by atoms with Crippen LogP contribution in [0.2, 0.25) is 0 Å². The molecule has 2 aromatic rings. The van der Waals surface area contributed by atoms with Crippen molar-refractivity contribution in [2.75, 3.05) is 36.9 Å². The van der Waals surface area contributed by atoms with Gasteiger partial charge in [0, 0.05) is 44.0 Å². The number of nitrogens with two attached hydrogens (primary N) is 1. The molecule has 0 aliphatic carbocycles. The Morgan fingerprint density at radius 2 is 2.00 bits per heavy atom. The lowest BCUT2D eigenvalue weighted by atomic mass is 9.78. The van der Waals surface area contributed by atoms with Crippen LogP contribution in [-0.2, 0) is 18.0 Å². The summed E-state index contributed by atoms with van der Waals surface area (Å²) in [5, 5.41) is 0. The van der Waals surface area contributed by atoms with Gasteiger partial charge < -0.3 is 15.4 Å². The summed E-state index contributed by atoms with van der Waals surface area (Å²) in [6, 6.07) is 1.22. The average Bonchev–Trinajstić information content (AvgIpc) is 3.16. The Hall–Kier alpha value is -2.27. The lowest BCUT2D eigenvalue weighted by Gasteiger charge is -2.39. The predicted octanol–water partition coefficient (Wildman–Crippen LogP) is 2.93. The molecule has 30 heavy (non-hydrogen) atoms. The number of nitrogen functional groups attached to an aromatic ring is 1. The van der Waals surface area contributed by atoms with Gasteiger partial charge in [-0.05, 0) is 30.7 Å². The molecule has 2 aromatic heterocycles. The molecule has 2 N–H and O–H groups in total. The first-order valence-corrected chi connectivity index (χ1v) is 10.4. The Morgan fingerprint density at radius 3 is 2.63 bits per heavy atom. The van der Waals surface area contributed by atoms with Gasteiger partial charge in [0.1, 0.15) is 10.7 Å². The minimum atomic E-state index is -4.59. The van der Waals surface area contributed by atoms with Gasteiger partial charge in [0.05, 0.1) is 12.2 Å². The van der Waals surface area contributed by atoms with Crippen LogP contribution in [0, 0.1) is 5.41 Å². The molecule has 2 aliphatic heterocycles. The molecule has 2 fully saturated rings. The Morgan fingerprint density at radius 1 is 1.27 bits per heavy atom. The number of rotatable bonds is 3. The molecule has 4 rings (SSSR count). The van der Waals surface area contributed by atoms with Gasteiger partial charge in [-0.15, -0.1) is 0 Å². The van der Waals surface area contributed by atoms with Crippen LogP contribution >= 0.6 is 11.8 Å². The van der Waals surface area contributed by atoms with Crippen LogP contribution in [0.3, 0.4) is 0 Å². The highest BCUT2D eigenvalue weighted by molar-refractivity contribution is 7.99. The van der Waals surface area contributed by atoms with Crippen molar-refractivity contribution in [2.45, 2.75) is 35.2 Å². The summed E-state index contributed by atoms with van der Waals surface area (Å²) >= 11 is 0.663. The van der Waals surface area contributed by atoms with E-state index in [1.165, 1.54) is 16.8 Å². The largest absolute Gasteiger partial charge is 0.418 e. The summed E-state index contributed by atoms with van der Waals surface area (Å²) in [6.45, 7) is 2.99. The number of hydrogen-bond donors (Lipinski definition) is 1. The second kappa shape index (κ2) is 7.77. The van der Waals surface area contributed by atoms with E-state index in [4.69, 9.17) is 10.5 Å². The van der Waals surface area contributed by atoms with E-state index in [1.807, 2.05) is 4.90 Å². The van der Waals surface area contributed by atoms with E-state index in [-0.39, 0.29) is 21.0 Å². The highest BCUT2D eigenvalue weighted by Gasteiger charge is 2.39. The summed E-state index contributed by atoms with van der Waals surface area (Å²) in [4.78, 5) is 22.7. The maximum absolute atomic E-state index is 13.3. The number of alkyl halides is 3. The van der Waals surface area contributed by atoms with E-state index in [0.29, 0.717) is 17.7 Å². The molecule has 1 spiro atoms. The molecule has 2 aliphatic rings. The quantitative estimate of drug-likeness (QED) is 0.784. The molecule has 0 atom stereocenters. The third-order valence-corrected chi connectivity index (χ3v) is 7.01. The van der Waals surface area contributed by atoms with Crippen LogP contribution in [0.15, 0.2) is 33.0 Å². The smallest absolute Gasteiger partial charge is 0.382 e. The Labute approximate surface area is 175 Å². The number of halogens is 3. The number of piperidine rings is 1. The first kappa shape index (κ1) is 21.0. The van der Waals surface area contributed by atoms with Crippen LogP contribution in [0.1, 0.15) is 24.8 Å². The minimum absolute atomic E-state index is 0.0318. The van der Waals surface area contributed by atoms with Gasteiger partial charge >= 0.3 is 6.18 Å². The van der Waals surface area contributed by atoms with Gasteiger partial charge in [0.2, 0.25) is 5.95 Å². The minimum Gasteiger partial charge on any atom is -0.382 e. The van der Waals surface area contributed by atoms with E-state index in [2.05, 4.69) is 9.97 Å². The van der Waals surface area contributed by atoms with Crippen LogP contribution in [-0.4, -0.2) is 40.8 Å². The summed E-state index contributed by atoms with van der Waals surface area (Å²) in [7, 11) is 1.56. The Kier molecular flexibility index (Phi) is 5.43. The molecule has 0 saturated carbocycles. The van der Waals surface area contributed by atoms with E-state index in [0.717, 1.165) is 51.8 Å². The lowest BCUT2D eigenvalue weighted by Crippen LogP contribution is -2.43.